The highest BCUT2D eigenvalue weighted by Gasteiger charge is 2.13. The van der Waals surface area contributed by atoms with Crippen LogP contribution in [-0.2, 0) is 0 Å². The highest BCUT2D eigenvalue weighted by molar-refractivity contribution is 5.45. The molecular weight excluding hydrogens is 186 g/mol. The van der Waals surface area contributed by atoms with E-state index in [2.05, 4.69) is 0 Å². The van der Waals surface area contributed by atoms with Crippen LogP contribution in [-0.4, -0.2) is 17.1 Å². The van der Waals surface area contributed by atoms with Crippen LogP contribution in [0.2, 0.25) is 0 Å². The molecule has 0 unspecified atom stereocenters. The number of ether oxygens (including phenoxy) is 1. The van der Waals surface area contributed by atoms with Crippen LogP contribution in [0, 0.1) is 10.1 Å². The number of aliphatic hydroxyl groups is 1. The van der Waals surface area contributed by atoms with Crippen molar-refractivity contribution in [3.8, 4) is 5.75 Å². The molecule has 5 nitrogen and oxygen atoms in total. The lowest BCUT2D eigenvalue weighted by molar-refractivity contribution is -0.384. The molecule has 0 aliphatic heterocycles. The van der Waals surface area contributed by atoms with Gasteiger partial charge in [-0.05, 0) is 13.0 Å². The molecular formula is C9H11NO4. The highest BCUT2D eigenvalue weighted by atomic mass is 16.6. The van der Waals surface area contributed by atoms with Gasteiger partial charge in [0.25, 0.3) is 5.69 Å². The summed E-state index contributed by atoms with van der Waals surface area (Å²) in [5, 5.41) is 19.8. The van der Waals surface area contributed by atoms with Crippen molar-refractivity contribution in [2.75, 3.05) is 7.11 Å². The molecule has 1 N–H and O–H groups in total. The van der Waals surface area contributed by atoms with Crippen LogP contribution in [0.25, 0.3) is 0 Å². The number of nitrogens with zero attached hydrogens (tertiary/aromatic N) is 1. The van der Waals surface area contributed by atoms with Crippen LogP contribution in [0.5, 0.6) is 5.75 Å². The van der Waals surface area contributed by atoms with Crippen LogP contribution < -0.4 is 4.74 Å². The number of aliphatic hydroxyl groups excluding tert-OH is 1. The SMILES string of the molecule is COc1cc([N+](=O)[O-])ccc1[C@H](C)O. The monoisotopic (exact) mass is 197 g/mol. The topological polar surface area (TPSA) is 72.6 Å². The van der Waals surface area contributed by atoms with Gasteiger partial charge in [-0.15, -0.1) is 0 Å². The molecule has 1 rings (SSSR count). The summed E-state index contributed by atoms with van der Waals surface area (Å²) >= 11 is 0. The Morgan fingerprint density at radius 2 is 2.21 bits per heavy atom. The van der Waals surface area contributed by atoms with Gasteiger partial charge in [0, 0.05) is 11.6 Å². The van der Waals surface area contributed by atoms with Crippen LogP contribution in [0.3, 0.4) is 0 Å². The minimum atomic E-state index is -0.703. The normalized spacial score (nSPS) is 12.2. The molecule has 0 fully saturated rings. The minimum absolute atomic E-state index is 0.0498. The van der Waals surface area contributed by atoms with E-state index < -0.39 is 11.0 Å². The average Bonchev–Trinajstić information content (AvgIpc) is 2.16. The Morgan fingerprint density at radius 1 is 1.57 bits per heavy atom. The molecule has 0 aliphatic carbocycles. The van der Waals surface area contributed by atoms with E-state index >= 15 is 0 Å². The molecule has 0 saturated carbocycles. The molecule has 0 saturated heterocycles. The van der Waals surface area contributed by atoms with E-state index in [9.17, 15) is 15.2 Å². The number of benzene rings is 1. The quantitative estimate of drug-likeness (QED) is 0.590. The summed E-state index contributed by atoms with van der Waals surface area (Å²) < 4.78 is 4.93. The van der Waals surface area contributed by atoms with Crippen molar-refractivity contribution in [2.24, 2.45) is 0 Å². The summed E-state index contributed by atoms with van der Waals surface area (Å²) in [7, 11) is 1.41. The van der Waals surface area contributed by atoms with E-state index in [-0.39, 0.29) is 5.69 Å². The third-order valence-electron chi connectivity index (χ3n) is 1.88. The van der Waals surface area contributed by atoms with E-state index in [1.165, 1.54) is 25.3 Å². The van der Waals surface area contributed by atoms with Gasteiger partial charge in [0.2, 0.25) is 0 Å². The Morgan fingerprint density at radius 3 is 2.64 bits per heavy atom. The maximum absolute atomic E-state index is 10.4. The van der Waals surface area contributed by atoms with Crippen molar-refractivity contribution < 1.29 is 14.8 Å². The second kappa shape index (κ2) is 4.06. The van der Waals surface area contributed by atoms with Crippen molar-refractivity contribution in [1.29, 1.82) is 0 Å². The molecule has 0 aliphatic rings. The molecule has 0 spiro atoms. The highest BCUT2D eigenvalue weighted by Crippen LogP contribution is 2.28. The number of hydrogen-bond donors (Lipinski definition) is 1. The average molecular weight is 197 g/mol. The summed E-state index contributed by atoms with van der Waals surface area (Å²) in [6.07, 6.45) is -0.703. The van der Waals surface area contributed by atoms with E-state index in [0.717, 1.165) is 0 Å². The van der Waals surface area contributed by atoms with Crippen molar-refractivity contribution in [3.05, 3.63) is 33.9 Å². The summed E-state index contributed by atoms with van der Waals surface area (Å²) in [5.41, 5.74) is 0.490. The Kier molecular flexibility index (Phi) is 3.03. The zero-order valence-electron chi connectivity index (χ0n) is 7.93. The van der Waals surface area contributed by atoms with Crippen LogP contribution in [0.15, 0.2) is 18.2 Å². The molecule has 0 bridgehead atoms. The fourth-order valence-corrected chi connectivity index (χ4v) is 1.16. The van der Waals surface area contributed by atoms with Gasteiger partial charge in [-0.25, -0.2) is 0 Å². The smallest absolute Gasteiger partial charge is 0.273 e. The lowest BCUT2D eigenvalue weighted by atomic mass is 10.1. The first-order chi connectivity index (χ1) is 6.56. The number of methoxy groups -OCH3 is 1. The van der Waals surface area contributed by atoms with Crippen LogP contribution in [0.1, 0.15) is 18.6 Å². The van der Waals surface area contributed by atoms with Gasteiger partial charge in [0.05, 0.1) is 24.2 Å². The van der Waals surface area contributed by atoms with Crippen LogP contribution in [0.4, 0.5) is 5.69 Å². The molecule has 0 radical (unpaired) electrons. The van der Waals surface area contributed by atoms with Crippen LogP contribution >= 0.6 is 0 Å². The van der Waals surface area contributed by atoms with Crippen molar-refractivity contribution in [2.45, 2.75) is 13.0 Å². The minimum Gasteiger partial charge on any atom is -0.496 e. The Bertz CT molecular complexity index is 349. The fraction of sp³-hybridized carbons (Fsp3) is 0.333. The maximum Gasteiger partial charge on any atom is 0.273 e. The zero-order chi connectivity index (χ0) is 10.7. The molecule has 5 heteroatoms. The number of non-ortho nitro benzene ring substituents is 1. The van der Waals surface area contributed by atoms with Gasteiger partial charge < -0.3 is 9.84 Å². The van der Waals surface area contributed by atoms with Crippen molar-refractivity contribution in [3.63, 3.8) is 0 Å². The van der Waals surface area contributed by atoms with Gasteiger partial charge in [-0.3, -0.25) is 10.1 Å². The molecule has 1 aromatic carbocycles. The van der Waals surface area contributed by atoms with Crippen molar-refractivity contribution >= 4 is 5.69 Å². The van der Waals surface area contributed by atoms with Gasteiger partial charge in [-0.2, -0.15) is 0 Å². The third kappa shape index (κ3) is 2.00. The molecule has 0 aromatic heterocycles. The fourth-order valence-electron chi connectivity index (χ4n) is 1.16. The summed E-state index contributed by atoms with van der Waals surface area (Å²) in [6.45, 7) is 1.57. The first kappa shape index (κ1) is 10.5. The van der Waals surface area contributed by atoms with Gasteiger partial charge in [0.15, 0.2) is 0 Å². The first-order valence-electron chi connectivity index (χ1n) is 4.06. The molecule has 0 amide bonds. The van der Waals surface area contributed by atoms with Gasteiger partial charge in [-0.1, -0.05) is 0 Å². The standard InChI is InChI=1S/C9H11NO4/c1-6(11)8-4-3-7(10(12)13)5-9(8)14-2/h3-6,11H,1-2H3/t6-/m0/s1. The second-order valence-corrected chi connectivity index (χ2v) is 2.86. The molecule has 1 atom stereocenters. The summed E-state index contributed by atoms with van der Waals surface area (Å²) in [4.78, 5) is 9.93. The Labute approximate surface area is 81.1 Å². The summed E-state index contributed by atoms with van der Waals surface area (Å²) in [5.74, 6) is 0.328. The molecule has 0 heterocycles. The second-order valence-electron chi connectivity index (χ2n) is 2.86. The molecule has 76 valence electrons. The van der Waals surface area contributed by atoms with Crippen molar-refractivity contribution in [1.82, 2.24) is 0 Å². The van der Waals surface area contributed by atoms with Gasteiger partial charge >= 0.3 is 0 Å². The van der Waals surface area contributed by atoms with Gasteiger partial charge in [0.1, 0.15) is 5.75 Å². The third-order valence-corrected chi connectivity index (χ3v) is 1.88. The lowest BCUT2D eigenvalue weighted by Gasteiger charge is -2.09. The predicted octanol–water partition coefficient (Wildman–Crippen LogP) is 1.66. The largest absolute Gasteiger partial charge is 0.496 e. The molecule has 1 aromatic rings. The number of hydrogen-bond acceptors (Lipinski definition) is 4. The summed E-state index contributed by atoms with van der Waals surface area (Å²) in [6, 6.07) is 4.12. The number of nitro benzene ring substituents is 1. The maximum atomic E-state index is 10.4. The Balaban J connectivity index is 3.18. The number of nitro groups is 1. The van der Waals surface area contributed by atoms with E-state index in [0.29, 0.717) is 11.3 Å². The number of rotatable bonds is 3. The van der Waals surface area contributed by atoms with E-state index in [4.69, 9.17) is 4.74 Å². The zero-order valence-corrected chi connectivity index (χ0v) is 7.93. The van der Waals surface area contributed by atoms with E-state index in [1.807, 2.05) is 0 Å². The first-order valence-corrected chi connectivity index (χ1v) is 4.06. The Hall–Kier alpha value is -1.62. The van der Waals surface area contributed by atoms with E-state index in [1.54, 1.807) is 6.92 Å². The molecule has 14 heavy (non-hydrogen) atoms. The lowest BCUT2D eigenvalue weighted by Crippen LogP contribution is -1.98. The predicted molar refractivity (Wildman–Crippen MR) is 50.3 cm³/mol.